The standard InChI is InChI=1S/C20H24N6O/c1-13-9-10-17(21-12-13)25(16-7-5-4-6-8-16)19(27)18-23-20-22-14(2)11-15(3)26(20)24-18/h9-12,16H,4-8H2,1-3H3. The van der Waals surface area contributed by atoms with Crippen LogP contribution in [-0.4, -0.2) is 36.5 Å². The van der Waals surface area contributed by atoms with Gasteiger partial charge in [-0.05, 0) is 51.3 Å². The summed E-state index contributed by atoms with van der Waals surface area (Å²) in [6, 6.07) is 5.95. The van der Waals surface area contributed by atoms with Crippen molar-refractivity contribution in [2.24, 2.45) is 0 Å². The van der Waals surface area contributed by atoms with Crippen LogP contribution in [0.2, 0.25) is 0 Å². The van der Waals surface area contributed by atoms with Crippen molar-refractivity contribution in [1.29, 1.82) is 0 Å². The summed E-state index contributed by atoms with van der Waals surface area (Å²) in [6.07, 6.45) is 7.22. The smallest absolute Gasteiger partial charge is 0.287 e. The highest BCUT2D eigenvalue weighted by molar-refractivity contribution is 6.03. The number of aromatic nitrogens is 5. The highest BCUT2D eigenvalue weighted by Crippen LogP contribution is 2.27. The third-order valence-corrected chi connectivity index (χ3v) is 5.11. The van der Waals surface area contributed by atoms with Crippen molar-refractivity contribution in [1.82, 2.24) is 24.6 Å². The second-order valence-corrected chi connectivity index (χ2v) is 7.35. The van der Waals surface area contributed by atoms with Gasteiger partial charge in [-0.15, -0.1) is 5.10 Å². The lowest BCUT2D eigenvalue weighted by atomic mass is 9.94. The average Bonchev–Trinajstić information content (AvgIpc) is 3.09. The zero-order valence-electron chi connectivity index (χ0n) is 16.0. The van der Waals surface area contributed by atoms with E-state index in [9.17, 15) is 4.79 Å². The zero-order valence-corrected chi connectivity index (χ0v) is 16.0. The van der Waals surface area contributed by atoms with E-state index in [1.54, 1.807) is 15.6 Å². The van der Waals surface area contributed by atoms with Crippen LogP contribution < -0.4 is 4.90 Å². The Labute approximate surface area is 158 Å². The van der Waals surface area contributed by atoms with Gasteiger partial charge in [-0.3, -0.25) is 9.69 Å². The van der Waals surface area contributed by atoms with Crippen LogP contribution in [0.4, 0.5) is 5.82 Å². The summed E-state index contributed by atoms with van der Waals surface area (Å²) in [5.74, 6) is 1.08. The van der Waals surface area contributed by atoms with E-state index in [2.05, 4.69) is 20.1 Å². The molecule has 0 bridgehead atoms. The molecule has 7 nitrogen and oxygen atoms in total. The van der Waals surface area contributed by atoms with Crippen LogP contribution in [0, 0.1) is 20.8 Å². The van der Waals surface area contributed by atoms with E-state index in [0.717, 1.165) is 42.6 Å². The normalized spacial score (nSPS) is 15.2. The van der Waals surface area contributed by atoms with Gasteiger partial charge in [0, 0.05) is 23.6 Å². The maximum atomic E-state index is 13.4. The summed E-state index contributed by atoms with van der Waals surface area (Å²) >= 11 is 0. The van der Waals surface area contributed by atoms with Crippen LogP contribution in [-0.2, 0) is 0 Å². The minimum absolute atomic E-state index is 0.129. The van der Waals surface area contributed by atoms with Crippen molar-refractivity contribution < 1.29 is 4.79 Å². The number of fused-ring (bicyclic) bond motifs is 1. The van der Waals surface area contributed by atoms with Gasteiger partial charge >= 0.3 is 0 Å². The summed E-state index contributed by atoms with van der Waals surface area (Å²) in [6.45, 7) is 5.84. The molecule has 3 heterocycles. The van der Waals surface area contributed by atoms with E-state index in [1.807, 2.05) is 39.0 Å². The maximum absolute atomic E-state index is 13.4. The Hall–Kier alpha value is -2.83. The number of rotatable bonds is 3. The van der Waals surface area contributed by atoms with Gasteiger partial charge in [0.1, 0.15) is 5.82 Å². The zero-order chi connectivity index (χ0) is 19.0. The molecule has 3 aromatic heterocycles. The molecule has 0 radical (unpaired) electrons. The third-order valence-electron chi connectivity index (χ3n) is 5.11. The molecule has 4 rings (SSSR count). The molecule has 7 heteroatoms. The first-order chi connectivity index (χ1) is 13.0. The van der Waals surface area contributed by atoms with Crippen LogP contribution in [0.5, 0.6) is 0 Å². The van der Waals surface area contributed by atoms with Crippen LogP contribution in [0.3, 0.4) is 0 Å². The minimum atomic E-state index is -0.208. The van der Waals surface area contributed by atoms with Crippen molar-refractivity contribution in [2.45, 2.75) is 58.9 Å². The molecule has 0 atom stereocenters. The number of carbonyl (C=O) groups excluding carboxylic acids is 1. The van der Waals surface area contributed by atoms with Crippen molar-refractivity contribution in [2.75, 3.05) is 4.90 Å². The second kappa shape index (κ2) is 7.06. The number of carbonyl (C=O) groups is 1. The van der Waals surface area contributed by atoms with Crippen molar-refractivity contribution in [3.8, 4) is 0 Å². The average molecular weight is 364 g/mol. The van der Waals surface area contributed by atoms with E-state index in [1.165, 1.54) is 6.42 Å². The highest BCUT2D eigenvalue weighted by Gasteiger charge is 2.31. The highest BCUT2D eigenvalue weighted by atomic mass is 16.2. The van der Waals surface area contributed by atoms with E-state index < -0.39 is 0 Å². The Balaban J connectivity index is 1.75. The summed E-state index contributed by atoms with van der Waals surface area (Å²) in [5, 5.41) is 4.44. The van der Waals surface area contributed by atoms with E-state index in [0.29, 0.717) is 11.6 Å². The van der Waals surface area contributed by atoms with E-state index >= 15 is 0 Å². The monoisotopic (exact) mass is 364 g/mol. The summed E-state index contributed by atoms with van der Waals surface area (Å²) < 4.78 is 1.63. The lowest BCUT2D eigenvalue weighted by Gasteiger charge is -2.32. The van der Waals surface area contributed by atoms with Gasteiger partial charge in [-0.25, -0.2) is 14.5 Å². The van der Waals surface area contributed by atoms with Crippen molar-refractivity contribution >= 4 is 17.5 Å². The molecule has 0 aliphatic heterocycles. The first kappa shape index (κ1) is 17.6. The molecule has 1 fully saturated rings. The topological polar surface area (TPSA) is 76.3 Å². The number of pyridine rings is 1. The molecule has 140 valence electrons. The molecular weight excluding hydrogens is 340 g/mol. The molecular formula is C20H24N6O. The predicted molar refractivity (Wildman–Crippen MR) is 103 cm³/mol. The predicted octanol–water partition coefficient (Wildman–Crippen LogP) is 3.42. The lowest BCUT2D eigenvalue weighted by Crippen LogP contribution is -2.42. The number of nitrogens with zero attached hydrogens (tertiary/aromatic N) is 6. The fourth-order valence-corrected chi connectivity index (χ4v) is 3.76. The quantitative estimate of drug-likeness (QED) is 0.712. The van der Waals surface area contributed by atoms with Crippen LogP contribution >= 0.6 is 0 Å². The fraction of sp³-hybridized carbons (Fsp3) is 0.450. The second-order valence-electron chi connectivity index (χ2n) is 7.35. The molecule has 1 aliphatic rings. The minimum Gasteiger partial charge on any atom is -0.287 e. The Morgan fingerprint density at radius 1 is 1.11 bits per heavy atom. The van der Waals surface area contributed by atoms with Crippen LogP contribution in [0.25, 0.3) is 5.78 Å². The van der Waals surface area contributed by atoms with Gasteiger partial charge in [0.2, 0.25) is 5.82 Å². The Morgan fingerprint density at radius 2 is 1.89 bits per heavy atom. The number of hydrogen-bond acceptors (Lipinski definition) is 5. The van der Waals surface area contributed by atoms with E-state index in [4.69, 9.17) is 0 Å². The Kier molecular flexibility index (Phi) is 4.59. The summed E-state index contributed by atoms with van der Waals surface area (Å²) in [7, 11) is 0. The van der Waals surface area contributed by atoms with Gasteiger partial charge in [0.15, 0.2) is 0 Å². The van der Waals surface area contributed by atoms with Crippen molar-refractivity contribution in [3.63, 3.8) is 0 Å². The number of aryl methyl sites for hydroxylation is 3. The Morgan fingerprint density at radius 3 is 2.59 bits per heavy atom. The SMILES string of the molecule is Cc1ccc(N(C(=O)c2nc3nc(C)cc(C)n3n2)C2CCCCC2)nc1. The number of amides is 1. The van der Waals surface area contributed by atoms with E-state index in [-0.39, 0.29) is 17.8 Å². The van der Waals surface area contributed by atoms with Crippen LogP contribution in [0.15, 0.2) is 24.4 Å². The van der Waals surface area contributed by atoms with Crippen LogP contribution in [0.1, 0.15) is 59.7 Å². The fourth-order valence-electron chi connectivity index (χ4n) is 3.76. The first-order valence-electron chi connectivity index (χ1n) is 9.50. The lowest BCUT2D eigenvalue weighted by molar-refractivity contribution is 0.0959. The molecule has 27 heavy (non-hydrogen) atoms. The molecule has 0 unspecified atom stereocenters. The molecule has 0 spiro atoms. The molecule has 3 aromatic rings. The van der Waals surface area contributed by atoms with Gasteiger partial charge in [-0.2, -0.15) is 4.98 Å². The molecule has 0 N–H and O–H groups in total. The van der Waals surface area contributed by atoms with Gasteiger partial charge in [-0.1, -0.05) is 25.3 Å². The molecule has 0 saturated heterocycles. The largest absolute Gasteiger partial charge is 0.299 e. The van der Waals surface area contributed by atoms with Gasteiger partial charge in [0.05, 0.1) is 0 Å². The van der Waals surface area contributed by atoms with Crippen molar-refractivity contribution in [3.05, 3.63) is 47.2 Å². The first-order valence-corrected chi connectivity index (χ1v) is 9.50. The van der Waals surface area contributed by atoms with Gasteiger partial charge in [0.25, 0.3) is 11.7 Å². The Bertz CT molecular complexity index is 972. The third kappa shape index (κ3) is 3.41. The number of anilines is 1. The molecule has 1 amide bonds. The van der Waals surface area contributed by atoms with Gasteiger partial charge < -0.3 is 0 Å². The molecule has 1 aliphatic carbocycles. The maximum Gasteiger partial charge on any atom is 0.299 e. The molecule has 1 saturated carbocycles. The summed E-state index contributed by atoms with van der Waals surface area (Å²) in [5.41, 5.74) is 2.83. The molecule has 0 aromatic carbocycles. The summed E-state index contributed by atoms with van der Waals surface area (Å²) in [4.78, 5) is 28.5. The number of hydrogen-bond donors (Lipinski definition) is 0.